The molecule has 0 bridgehead atoms. The lowest BCUT2D eigenvalue weighted by Crippen LogP contribution is -2.36. The molecule has 6 nitrogen and oxygen atoms in total. The van der Waals surface area contributed by atoms with E-state index in [2.05, 4.69) is 6.07 Å². The van der Waals surface area contributed by atoms with E-state index in [1.165, 1.54) is 0 Å². The maximum absolute atomic E-state index is 13.3. The number of benzene rings is 2. The lowest BCUT2D eigenvalue weighted by molar-refractivity contribution is 0.0731. The molecular weight excluding hydrogens is 366 g/mol. The highest BCUT2D eigenvalue weighted by molar-refractivity contribution is 5.95. The smallest absolute Gasteiger partial charge is 0.254 e. The van der Waals surface area contributed by atoms with Gasteiger partial charge in [-0.2, -0.15) is 5.26 Å². The first kappa shape index (κ1) is 22.3. The molecule has 6 heteroatoms. The van der Waals surface area contributed by atoms with Crippen LogP contribution in [-0.4, -0.2) is 56.1 Å². The normalized spacial score (nSPS) is 10.5. The van der Waals surface area contributed by atoms with Crippen LogP contribution in [0.1, 0.15) is 35.3 Å². The van der Waals surface area contributed by atoms with Crippen molar-refractivity contribution in [3.05, 3.63) is 59.2 Å². The molecule has 0 N–H and O–H groups in total. The molecule has 0 atom stereocenters. The molecule has 0 aliphatic heterocycles. The summed E-state index contributed by atoms with van der Waals surface area (Å²) in [4.78, 5) is 17.1. The molecular formula is C23H29N3O3. The van der Waals surface area contributed by atoms with Crippen molar-refractivity contribution in [3.8, 4) is 17.6 Å². The van der Waals surface area contributed by atoms with Gasteiger partial charge in [-0.15, -0.1) is 0 Å². The van der Waals surface area contributed by atoms with E-state index in [9.17, 15) is 4.79 Å². The van der Waals surface area contributed by atoms with E-state index < -0.39 is 0 Å². The molecule has 154 valence electrons. The van der Waals surface area contributed by atoms with E-state index in [1.54, 1.807) is 30.3 Å². The predicted molar refractivity (Wildman–Crippen MR) is 113 cm³/mol. The topological polar surface area (TPSA) is 65.8 Å². The molecule has 0 saturated carbocycles. The zero-order valence-corrected chi connectivity index (χ0v) is 17.6. The first-order valence-corrected chi connectivity index (χ1v) is 9.81. The van der Waals surface area contributed by atoms with Crippen LogP contribution in [0.3, 0.4) is 0 Å². The second-order valence-corrected chi connectivity index (χ2v) is 6.87. The minimum atomic E-state index is -0.0692. The minimum Gasteiger partial charge on any atom is -0.490 e. The minimum absolute atomic E-state index is 0.0692. The summed E-state index contributed by atoms with van der Waals surface area (Å²) in [5.41, 5.74) is 2.14. The van der Waals surface area contributed by atoms with Crippen molar-refractivity contribution in [2.45, 2.75) is 20.4 Å². The van der Waals surface area contributed by atoms with Crippen LogP contribution in [0.4, 0.5) is 0 Å². The Labute approximate surface area is 173 Å². The van der Waals surface area contributed by atoms with Gasteiger partial charge >= 0.3 is 0 Å². The standard InChI is InChI=1S/C23H29N3O3/c1-5-28-21-12-11-20(15-22(21)29-6-2)23(27)26(14-13-25(3)4)17-19-9-7-18(16-24)8-10-19/h7-12,15H,5-6,13-14,17H2,1-4H3. The summed E-state index contributed by atoms with van der Waals surface area (Å²) < 4.78 is 11.3. The van der Waals surface area contributed by atoms with Crippen molar-refractivity contribution in [3.63, 3.8) is 0 Å². The van der Waals surface area contributed by atoms with Gasteiger partial charge in [-0.1, -0.05) is 12.1 Å². The Hall–Kier alpha value is -3.04. The number of hydrogen-bond donors (Lipinski definition) is 0. The maximum Gasteiger partial charge on any atom is 0.254 e. The van der Waals surface area contributed by atoms with E-state index in [1.807, 2.05) is 49.9 Å². The fraction of sp³-hybridized carbons (Fsp3) is 0.391. The van der Waals surface area contributed by atoms with Crippen molar-refractivity contribution in [2.75, 3.05) is 40.4 Å². The van der Waals surface area contributed by atoms with Gasteiger partial charge in [-0.3, -0.25) is 4.79 Å². The lowest BCUT2D eigenvalue weighted by Gasteiger charge is -2.25. The number of ether oxygens (including phenoxy) is 2. The maximum atomic E-state index is 13.3. The van der Waals surface area contributed by atoms with Crippen LogP contribution in [0, 0.1) is 11.3 Å². The van der Waals surface area contributed by atoms with Gasteiger partial charge in [-0.25, -0.2) is 0 Å². The third kappa shape index (κ3) is 6.51. The van der Waals surface area contributed by atoms with Gasteiger partial charge in [-0.05, 0) is 63.8 Å². The van der Waals surface area contributed by atoms with Crippen LogP contribution < -0.4 is 9.47 Å². The number of likely N-dealkylation sites (N-methyl/N-ethyl adjacent to an activating group) is 1. The number of carbonyl (C=O) groups is 1. The summed E-state index contributed by atoms with van der Waals surface area (Å²) in [6.07, 6.45) is 0. The molecule has 0 fully saturated rings. The average Bonchev–Trinajstić information content (AvgIpc) is 2.72. The van der Waals surface area contributed by atoms with Crippen molar-refractivity contribution < 1.29 is 14.3 Å². The van der Waals surface area contributed by atoms with Gasteiger partial charge in [0.25, 0.3) is 5.91 Å². The average molecular weight is 396 g/mol. The van der Waals surface area contributed by atoms with Gasteiger partial charge in [0.1, 0.15) is 0 Å². The molecule has 0 unspecified atom stereocenters. The van der Waals surface area contributed by atoms with Crippen LogP contribution in [0.15, 0.2) is 42.5 Å². The SMILES string of the molecule is CCOc1ccc(C(=O)N(CCN(C)C)Cc2ccc(C#N)cc2)cc1OCC. The summed E-state index contributed by atoms with van der Waals surface area (Å²) >= 11 is 0. The largest absolute Gasteiger partial charge is 0.490 e. The number of rotatable bonds is 10. The molecule has 2 rings (SSSR count). The monoisotopic (exact) mass is 395 g/mol. The molecule has 0 aliphatic carbocycles. The molecule has 0 radical (unpaired) electrons. The molecule has 0 heterocycles. The summed E-state index contributed by atoms with van der Waals surface area (Å²) in [5, 5.41) is 8.98. The number of hydrogen-bond acceptors (Lipinski definition) is 5. The second-order valence-electron chi connectivity index (χ2n) is 6.87. The zero-order valence-electron chi connectivity index (χ0n) is 17.6. The summed E-state index contributed by atoms with van der Waals surface area (Å²) in [6.45, 7) is 6.64. The van der Waals surface area contributed by atoms with Gasteiger partial charge in [0.05, 0.1) is 24.8 Å². The van der Waals surface area contributed by atoms with E-state index in [4.69, 9.17) is 14.7 Å². The molecule has 29 heavy (non-hydrogen) atoms. The highest BCUT2D eigenvalue weighted by Crippen LogP contribution is 2.29. The first-order chi connectivity index (χ1) is 14.0. The van der Waals surface area contributed by atoms with Crippen LogP contribution >= 0.6 is 0 Å². The van der Waals surface area contributed by atoms with Crippen LogP contribution in [-0.2, 0) is 6.54 Å². The number of carbonyl (C=O) groups excluding carboxylic acids is 1. The Morgan fingerprint density at radius 1 is 0.966 bits per heavy atom. The fourth-order valence-electron chi connectivity index (χ4n) is 2.84. The summed E-state index contributed by atoms with van der Waals surface area (Å²) in [6, 6.07) is 14.7. The van der Waals surface area contributed by atoms with E-state index in [0.29, 0.717) is 48.9 Å². The fourth-order valence-corrected chi connectivity index (χ4v) is 2.84. The second kappa shape index (κ2) is 11.1. The van der Waals surface area contributed by atoms with Crippen molar-refractivity contribution >= 4 is 5.91 Å². The van der Waals surface area contributed by atoms with Crippen LogP contribution in [0.5, 0.6) is 11.5 Å². The third-order valence-electron chi connectivity index (χ3n) is 4.35. The molecule has 2 aromatic carbocycles. The van der Waals surface area contributed by atoms with Crippen molar-refractivity contribution in [1.82, 2.24) is 9.80 Å². The predicted octanol–water partition coefficient (Wildman–Crippen LogP) is 3.56. The highest BCUT2D eigenvalue weighted by atomic mass is 16.5. The number of amides is 1. The van der Waals surface area contributed by atoms with Crippen molar-refractivity contribution in [2.24, 2.45) is 0 Å². The van der Waals surface area contributed by atoms with Gasteiger partial charge in [0, 0.05) is 25.2 Å². The Morgan fingerprint density at radius 3 is 2.21 bits per heavy atom. The Bertz CT molecular complexity index is 841. The molecule has 0 aromatic heterocycles. The first-order valence-electron chi connectivity index (χ1n) is 9.81. The molecule has 2 aromatic rings. The highest BCUT2D eigenvalue weighted by Gasteiger charge is 2.19. The summed E-state index contributed by atoms with van der Waals surface area (Å²) in [5.74, 6) is 1.14. The van der Waals surface area contributed by atoms with Gasteiger partial charge < -0.3 is 19.3 Å². The Balaban J connectivity index is 2.27. The summed E-state index contributed by atoms with van der Waals surface area (Å²) in [7, 11) is 3.96. The van der Waals surface area contributed by atoms with Crippen molar-refractivity contribution in [1.29, 1.82) is 5.26 Å². The number of nitrogens with zero attached hydrogens (tertiary/aromatic N) is 3. The molecule has 1 amide bonds. The molecule has 0 aliphatic rings. The lowest BCUT2D eigenvalue weighted by atomic mass is 10.1. The molecule has 0 saturated heterocycles. The Kier molecular flexibility index (Phi) is 8.50. The third-order valence-corrected chi connectivity index (χ3v) is 4.35. The van der Waals surface area contributed by atoms with E-state index in [0.717, 1.165) is 12.1 Å². The quantitative estimate of drug-likeness (QED) is 0.615. The molecule has 0 spiro atoms. The van der Waals surface area contributed by atoms with Crippen LogP contribution in [0.25, 0.3) is 0 Å². The van der Waals surface area contributed by atoms with E-state index in [-0.39, 0.29) is 5.91 Å². The Morgan fingerprint density at radius 2 is 1.62 bits per heavy atom. The van der Waals surface area contributed by atoms with Crippen LogP contribution in [0.2, 0.25) is 0 Å². The van der Waals surface area contributed by atoms with E-state index >= 15 is 0 Å². The number of nitriles is 1. The zero-order chi connectivity index (χ0) is 21.2. The van der Waals surface area contributed by atoms with Gasteiger partial charge in [0.15, 0.2) is 11.5 Å². The van der Waals surface area contributed by atoms with Gasteiger partial charge in [0.2, 0.25) is 0 Å².